The third kappa shape index (κ3) is 10.9. The summed E-state index contributed by atoms with van der Waals surface area (Å²) < 4.78 is 10.4. The van der Waals surface area contributed by atoms with Gasteiger partial charge >= 0.3 is 5.97 Å². The van der Waals surface area contributed by atoms with Crippen molar-refractivity contribution in [2.24, 2.45) is 0 Å². The fourth-order valence-corrected chi connectivity index (χ4v) is 2.94. The molecule has 1 rings (SSSR count). The van der Waals surface area contributed by atoms with Crippen molar-refractivity contribution in [1.29, 1.82) is 0 Å². The van der Waals surface area contributed by atoms with Crippen molar-refractivity contribution in [3.05, 3.63) is 29.8 Å². The number of ether oxygens (including phenoxy) is 2. The fourth-order valence-electron chi connectivity index (χ4n) is 2.94. The quantitative estimate of drug-likeness (QED) is 0.266. The maximum absolute atomic E-state index is 11.9. The van der Waals surface area contributed by atoms with Crippen LogP contribution in [0.25, 0.3) is 0 Å². The van der Waals surface area contributed by atoms with Gasteiger partial charge in [0.1, 0.15) is 5.75 Å². The Morgan fingerprint density at radius 3 is 1.96 bits per heavy atom. The van der Waals surface area contributed by atoms with E-state index in [0.29, 0.717) is 17.9 Å². The maximum Gasteiger partial charge on any atom is 0.338 e. The van der Waals surface area contributed by atoms with E-state index in [1.54, 1.807) is 25.3 Å². The standard InChI is InChI=1S/C22H36O3/c1-3-4-5-6-7-8-9-10-11-12-13-14-18-25-22(23)20-16-15-17-21(19-20)24-2/h15-17,19H,3-14,18H2,1-2H3. The Morgan fingerprint density at radius 1 is 0.840 bits per heavy atom. The van der Waals surface area contributed by atoms with Gasteiger partial charge in [0.15, 0.2) is 0 Å². The van der Waals surface area contributed by atoms with Gasteiger partial charge in [0.05, 0.1) is 19.3 Å². The second-order valence-electron chi connectivity index (χ2n) is 6.76. The predicted octanol–water partition coefficient (Wildman–Crippen LogP) is 6.55. The van der Waals surface area contributed by atoms with Gasteiger partial charge in [0.25, 0.3) is 0 Å². The van der Waals surface area contributed by atoms with Crippen LogP contribution in [0.15, 0.2) is 24.3 Å². The van der Waals surface area contributed by atoms with Gasteiger partial charge in [-0.05, 0) is 24.6 Å². The minimum Gasteiger partial charge on any atom is -0.497 e. The summed E-state index contributed by atoms with van der Waals surface area (Å²) in [5.41, 5.74) is 0.554. The van der Waals surface area contributed by atoms with Crippen molar-refractivity contribution in [2.45, 2.75) is 84.0 Å². The van der Waals surface area contributed by atoms with E-state index in [1.807, 2.05) is 6.07 Å². The molecule has 0 saturated heterocycles. The Bertz CT molecular complexity index is 456. The molecule has 0 bridgehead atoms. The van der Waals surface area contributed by atoms with Gasteiger partial charge in [-0.2, -0.15) is 0 Å². The lowest BCUT2D eigenvalue weighted by Crippen LogP contribution is -2.06. The highest BCUT2D eigenvalue weighted by molar-refractivity contribution is 5.89. The summed E-state index contributed by atoms with van der Waals surface area (Å²) >= 11 is 0. The number of unbranched alkanes of at least 4 members (excludes halogenated alkanes) is 11. The molecule has 0 fully saturated rings. The van der Waals surface area contributed by atoms with Crippen LogP contribution >= 0.6 is 0 Å². The summed E-state index contributed by atoms with van der Waals surface area (Å²) in [5.74, 6) is 0.418. The van der Waals surface area contributed by atoms with E-state index < -0.39 is 0 Å². The molecule has 0 spiro atoms. The van der Waals surface area contributed by atoms with Gasteiger partial charge in [-0.1, -0.05) is 83.6 Å². The average molecular weight is 349 g/mol. The van der Waals surface area contributed by atoms with Crippen molar-refractivity contribution in [3.8, 4) is 5.75 Å². The van der Waals surface area contributed by atoms with Crippen LogP contribution in [-0.2, 0) is 4.74 Å². The highest BCUT2D eigenvalue weighted by atomic mass is 16.5. The van der Waals surface area contributed by atoms with Crippen LogP contribution in [0.1, 0.15) is 94.3 Å². The predicted molar refractivity (Wildman–Crippen MR) is 104 cm³/mol. The Morgan fingerprint density at radius 2 is 1.40 bits per heavy atom. The Kier molecular flexibility index (Phi) is 12.7. The summed E-state index contributed by atoms with van der Waals surface area (Å²) in [4.78, 5) is 11.9. The Labute approximate surface area is 154 Å². The molecule has 0 aromatic heterocycles. The molecule has 25 heavy (non-hydrogen) atoms. The highest BCUT2D eigenvalue weighted by Gasteiger charge is 2.07. The minimum absolute atomic E-state index is 0.262. The van der Waals surface area contributed by atoms with E-state index >= 15 is 0 Å². The first kappa shape index (κ1) is 21.5. The smallest absolute Gasteiger partial charge is 0.338 e. The normalized spacial score (nSPS) is 10.6. The Hall–Kier alpha value is -1.51. The molecule has 0 saturated carbocycles. The van der Waals surface area contributed by atoms with Gasteiger partial charge in [-0.3, -0.25) is 0 Å². The molecule has 0 N–H and O–H groups in total. The molecule has 0 aliphatic rings. The Balaban J connectivity index is 1.92. The summed E-state index contributed by atoms with van der Waals surface area (Å²) in [5, 5.41) is 0. The molecule has 1 aromatic carbocycles. The molecule has 0 aliphatic carbocycles. The molecule has 3 nitrogen and oxygen atoms in total. The number of rotatable bonds is 15. The van der Waals surface area contributed by atoms with Crippen LogP contribution < -0.4 is 4.74 Å². The lowest BCUT2D eigenvalue weighted by atomic mass is 10.1. The topological polar surface area (TPSA) is 35.5 Å². The zero-order valence-corrected chi connectivity index (χ0v) is 16.2. The molecule has 0 aliphatic heterocycles. The molecule has 0 amide bonds. The molecule has 142 valence electrons. The first-order valence-corrected chi connectivity index (χ1v) is 10.1. The molecule has 0 heterocycles. The van der Waals surface area contributed by atoms with Crippen LogP contribution in [0.3, 0.4) is 0 Å². The van der Waals surface area contributed by atoms with Crippen LogP contribution in [0.5, 0.6) is 5.75 Å². The van der Waals surface area contributed by atoms with Crippen molar-refractivity contribution < 1.29 is 14.3 Å². The van der Waals surface area contributed by atoms with Crippen LogP contribution in [0, 0.1) is 0 Å². The maximum atomic E-state index is 11.9. The van der Waals surface area contributed by atoms with Crippen LogP contribution in [0.2, 0.25) is 0 Å². The van der Waals surface area contributed by atoms with Gasteiger partial charge in [-0.15, -0.1) is 0 Å². The van der Waals surface area contributed by atoms with Crippen molar-refractivity contribution in [1.82, 2.24) is 0 Å². The van der Waals surface area contributed by atoms with E-state index in [0.717, 1.165) is 12.8 Å². The number of hydrogen-bond acceptors (Lipinski definition) is 3. The first-order chi connectivity index (χ1) is 12.3. The van der Waals surface area contributed by atoms with Crippen molar-refractivity contribution >= 4 is 5.97 Å². The number of benzene rings is 1. The monoisotopic (exact) mass is 348 g/mol. The van der Waals surface area contributed by atoms with E-state index in [4.69, 9.17) is 9.47 Å². The lowest BCUT2D eigenvalue weighted by Gasteiger charge is -2.06. The van der Waals surface area contributed by atoms with Crippen LogP contribution in [-0.4, -0.2) is 19.7 Å². The van der Waals surface area contributed by atoms with Gasteiger partial charge in [0.2, 0.25) is 0 Å². The molecule has 0 atom stereocenters. The summed E-state index contributed by atoms with van der Waals surface area (Å²) in [6, 6.07) is 7.10. The molecule has 3 heteroatoms. The van der Waals surface area contributed by atoms with Crippen molar-refractivity contribution in [3.63, 3.8) is 0 Å². The van der Waals surface area contributed by atoms with Crippen molar-refractivity contribution in [2.75, 3.05) is 13.7 Å². The third-order valence-corrected chi connectivity index (χ3v) is 4.54. The van der Waals surface area contributed by atoms with E-state index in [1.165, 1.54) is 64.2 Å². The lowest BCUT2D eigenvalue weighted by molar-refractivity contribution is 0.0497. The highest BCUT2D eigenvalue weighted by Crippen LogP contribution is 2.14. The second kappa shape index (κ2) is 14.8. The second-order valence-corrected chi connectivity index (χ2v) is 6.76. The van der Waals surface area contributed by atoms with Gasteiger partial charge in [0, 0.05) is 0 Å². The van der Waals surface area contributed by atoms with E-state index in [2.05, 4.69) is 6.92 Å². The van der Waals surface area contributed by atoms with Gasteiger partial charge in [-0.25, -0.2) is 4.79 Å². The van der Waals surface area contributed by atoms with Gasteiger partial charge < -0.3 is 9.47 Å². The zero-order chi connectivity index (χ0) is 18.2. The fraction of sp³-hybridized carbons (Fsp3) is 0.682. The minimum atomic E-state index is -0.262. The number of methoxy groups -OCH3 is 1. The molecular weight excluding hydrogens is 312 g/mol. The third-order valence-electron chi connectivity index (χ3n) is 4.54. The molecule has 0 radical (unpaired) electrons. The number of esters is 1. The molecular formula is C22H36O3. The molecule has 1 aromatic rings. The van der Waals surface area contributed by atoms with Crippen LogP contribution in [0.4, 0.5) is 0 Å². The number of hydrogen-bond donors (Lipinski definition) is 0. The van der Waals surface area contributed by atoms with E-state index in [-0.39, 0.29) is 5.97 Å². The SMILES string of the molecule is CCCCCCCCCCCCCCOC(=O)c1cccc(OC)c1. The summed E-state index contributed by atoms with van der Waals surface area (Å²) in [6.07, 6.45) is 15.7. The first-order valence-electron chi connectivity index (χ1n) is 10.1. The molecule has 0 unspecified atom stereocenters. The zero-order valence-electron chi connectivity index (χ0n) is 16.2. The summed E-state index contributed by atoms with van der Waals surface area (Å²) in [7, 11) is 1.59. The summed E-state index contributed by atoms with van der Waals surface area (Å²) in [6.45, 7) is 2.77. The largest absolute Gasteiger partial charge is 0.497 e. The average Bonchev–Trinajstić information content (AvgIpc) is 2.65. The number of carbonyl (C=O) groups excluding carboxylic acids is 1. The number of carbonyl (C=O) groups is 1. The van der Waals surface area contributed by atoms with E-state index in [9.17, 15) is 4.79 Å².